The third kappa shape index (κ3) is 4.00. The molecule has 1 N–H and O–H groups in total. The van der Waals surface area contributed by atoms with Gasteiger partial charge in [-0.15, -0.1) is 0 Å². The number of methoxy groups -OCH3 is 1. The van der Waals surface area contributed by atoms with Gasteiger partial charge >= 0.3 is 5.97 Å². The van der Waals surface area contributed by atoms with E-state index in [0.29, 0.717) is 0 Å². The molecule has 1 aliphatic heterocycles. The first-order valence-electron chi connectivity index (χ1n) is 10.6. The summed E-state index contributed by atoms with van der Waals surface area (Å²) >= 11 is 0.908. The van der Waals surface area contributed by atoms with Crippen molar-refractivity contribution in [1.82, 2.24) is 4.90 Å². The number of nitrogens with zero attached hydrogens (tertiary/aromatic N) is 1. The minimum atomic E-state index is -3.05. The van der Waals surface area contributed by atoms with Crippen LogP contribution in [0.5, 0.6) is 0 Å². The summed E-state index contributed by atoms with van der Waals surface area (Å²) in [6.07, 6.45) is -0.896. The van der Waals surface area contributed by atoms with Gasteiger partial charge in [-0.2, -0.15) is 0 Å². The second-order valence-corrected chi connectivity index (χ2v) is 12.3. The van der Waals surface area contributed by atoms with Gasteiger partial charge in [-0.3, -0.25) is 14.5 Å². The van der Waals surface area contributed by atoms with Gasteiger partial charge in [-0.1, -0.05) is 103 Å². The number of carbonyl (C=O) groups is 3. The molecule has 1 heterocycles. The Morgan fingerprint density at radius 2 is 1.26 bits per heavy atom. The molecule has 2 atom stereocenters. The quantitative estimate of drug-likeness (QED) is 0.403. The predicted molar refractivity (Wildman–Crippen MR) is 137 cm³/mol. The Balaban J connectivity index is 2.19. The number of hydrogen-bond acceptors (Lipinski definition) is 5. The summed E-state index contributed by atoms with van der Waals surface area (Å²) in [6.45, 7) is -1.66. The van der Waals surface area contributed by atoms with E-state index in [4.69, 9.17) is 4.74 Å². The number of thioether (sulfide) groups is 1. The van der Waals surface area contributed by atoms with E-state index in [2.05, 4.69) is 0 Å². The lowest BCUT2D eigenvalue weighted by Crippen LogP contribution is -2.68. The van der Waals surface area contributed by atoms with Crippen molar-refractivity contribution in [2.45, 2.75) is 18.4 Å². The lowest BCUT2D eigenvalue weighted by atomic mass is 10.1. The standard InChI is InChI=1S/C26H24NO5PS/c1-18(28)34-25-22(32-2)23(29)27(25)24(26(30)31)33(19-12-6-3-7-13-19,20-14-8-4-9-15-20)21-16-10-5-11-17-21/h3-17,22,25H,1-2H3,(H,30,31)/t22-,25+/m0/s1. The van der Waals surface area contributed by atoms with Crippen LogP contribution >= 0.6 is 18.6 Å². The molecule has 1 amide bonds. The van der Waals surface area contributed by atoms with Crippen LogP contribution in [-0.4, -0.2) is 51.0 Å². The van der Waals surface area contributed by atoms with Gasteiger partial charge in [0.25, 0.3) is 5.91 Å². The third-order valence-electron chi connectivity index (χ3n) is 5.70. The van der Waals surface area contributed by atoms with Crippen molar-refractivity contribution >= 4 is 57.0 Å². The van der Waals surface area contributed by atoms with E-state index in [0.717, 1.165) is 27.7 Å². The van der Waals surface area contributed by atoms with E-state index in [9.17, 15) is 19.5 Å². The zero-order valence-electron chi connectivity index (χ0n) is 18.7. The lowest BCUT2D eigenvalue weighted by Gasteiger charge is -2.47. The Labute approximate surface area is 202 Å². The molecule has 6 nitrogen and oxygen atoms in total. The molecule has 34 heavy (non-hydrogen) atoms. The summed E-state index contributed by atoms with van der Waals surface area (Å²) in [5.41, 5.74) is -0.0341. The van der Waals surface area contributed by atoms with E-state index < -0.39 is 30.2 Å². The molecule has 1 aliphatic rings. The van der Waals surface area contributed by atoms with Crippen LogP contribution < -0.4 is 15.9 Å². The smallest absolute Gasteiger partial charge is 0.353 e. The van der Waals surface area contributed by atoms with Crippen molar-refractivity contribution in [3.63, 3.8) is 0 Å². The SMILES string of the molecule is CO[C@H]1C(=O)N(C(C(=O)O)=P(c2ccccc2)(c2ccccc2)c2ccccc2)[C@@H]1SC(C)=O. The van der Waals surface area contributed by atoms with Crippen LogP contribution in [0.15, 0.2) is 91.0 Å². The fraction of sp³-hybridized carbons (Fsp3) is 0.154. The molecular formula is C26H24NO5PS. The molecule has 1 saturated heterocycles. The Morgan fingerprint density at radius 1 is 0.853 bits per heavy atom. The van der Waals surface area contributed by atoms with Crippen LogP contribution in [0.4, 0.5) is 0 Å². The summed E-state index contributed by atoms with van der Waals surface area (Å²) in [6, 6.07) is 28.3. The van der Waals surface area contributed by atoms with E-state index in [-0.39, 0.29) is 10.5 Å². The molecule has 0 bridgehead atoms. The van der Waals surface area contributed by atoms with Crippen LogP contribution in [0, 0.1) is 0 Å². The number of amides is 1. The first-order valence-corrected chi connectivity index (χ1v) is 13.3. The highest BCUT2D eigenvalue weighted by atomic mass is 32.2. The molecule has 0 aromatic heterocycles. The zero-order chi connectivity index (χ0) is 24.3. The molecular weight excluding hydrogens is 469 g/mol. The van der Waals surface area contributed by atoms with Crippen molar-refractivity contribution in [3.8, 4) is 0 Å². The highest BCUT2D eigenvalue weighted by Gasteiger charge is 2.54. The number of ether oxygens (including phenoxy) is 1. The maximum absolute atomic E-state index is 13.3. The second-order valence-electron chi connectivity index (χ2n) is 7.67. The van der Waals surface area contributed by atoms with Crippen molar-refractivity contribution in [2.24, 2.45) is 0 Å². The molecule has 0 radical (unpaired) electrons. The zero-order valence-corrected chi connectivity index (χ0v) is 20.4. The average Bonchev–Trinajstić information content (AvgIpc) is 2.85. The van der Waals surface area contributed by atoms with Crippen LogP contribution in [-0.2, 0) is 19.1 Å². The lowest BCUT2D eigenvalue weighted by molar-refractivity contribution is -0.155. The molecule has 4 rings (SSSR count). The number of aliphatic carboxylic acids is 1. The predicted octanol–water partition coefficient (Wildman–Crippen LogP) is 2.66. The Morgan fingerprint density at radius 3 is 1.59 bits per heavy atom. The van der Waals surface area contributed by atoms with Gasteiger partial charge in [0.15, 0.2) is 11.2 Å². The maximum Gasteiger partial charge on any atom is 0.353 e. The van der Waals surface area contributed by atoms with Crippen molar-refractivity contribution < 1.29 is 24.2 Å². The Kier molecular flexibility index (Phi) is 7.08. The normalized spacial score (nSPS) is 17.7. The minimum absolute atomic E-state index is 0.0341. The molecule has 8 heteroatoms. The first-order chi connectivity index (χ1) is 16.4. The summed E-state index contributed by atoms with van der Waals surface area (Å²) in [5.74, 6) is -1.67. The van der Waals surface area contributed by atoms with Gasteiger partial charge in [0.1, 0.15) is 10.8 Å². The van der Waals surface area contributed by atoms with Crippen LogP contribution in [0.1, 0.15) is 6.92 Å². The van der Waals surface area contributed by atoms with E-state index in [1.54, 1.807) is 0 Å². The van der Waals surface area contributed by atoms with Gasteiger partial charge < -0.3 is 9.84 Å². The monoisotopic (exact) mass is 493 g/mol. The van der Waals surface area contributed by atoms with E-state index in [1.165, 1.54) is 18.9 Å². The molecule has 1 fully saturated rings. The average molecular weight is 494 g/mol. The number of hydrogen-bond donors (Lipinski definition) is 1. The third-order valence-corrected chi connectivity index (χ3v) is 11.0. The molecule has 3 aromatic carbocycles. The second kappa shape index (κ2) is 10.0. The maximum atomic E-state index is 13.3. The van der Waals surface area contributed by atoms with Crippen molar-refractivity contribution in [3.05, 3.63) is 91.0 Å². The number of β-lactam (4-membered cyclic amide) rings is 1. The highest BCUT2D eigenvalue weighted by molar-refractivity contribution is 8.14. The topological polar surface area (TPSA) is 83.9 Å². The molecule has 0 unspecified atom stereocenters. The first kappa shape index (κ1) is 24.0. The van der Waals surface area contributed by atoms with Crippen molar-refractivity contribution in [2.75, 3.05) is 7.11 Å². The minimum Gasteiger partial charge on any atom is -0.477 e. The van der Waals surface area contributed by atoms with Gasteiger partial charge in [-0.25, -0.2) is 4.79 Å². The summed E-state index contributed by atoms with van der Waals surface area (Å²) in [7, 11) is 1.39. The fourth-order valence-electron chi connectivity index (χ4n) is 4.34. The van der Waals surface area contributed by atoms with Crippen LogP contribution in [0.3, 0.4) is 0 Å². The van der Waals surface area contributed by atoms with Gasteiger partial charge in [-0.05, 0) is 15.9 Å². The molecule has 0 saturated carbocycles. The van der Waals surface area contributed by atoms with E-state index in [1.807, 2.05) is 91.0 Å². The largest absolute Gasteiger partial charge is 0.477 e. The summed E-state index contributed by atoms with van der Waals surface area (Å²) in [5, 5.41) is 12.1. The Bertz CT molecular complexity index is 1160. The number of carbonyl (C=O) groups excluding carboxylic acids is 2. The number of likely N-dealkylation sites (tertiary alicyclic amines) is 1. The number of carboxylic acids is 1. The number of rotatable bonds is 7. The highest BCUT2D eigenvalue weighted by Crippen LogP contribution is 2.49. The van der Waals surface area contributed by atoms with Crippen LogP contribution in [0.25, 0.3) is 0 Å². The molecule has 0 aliphatic carbocycles. The van der Waals surface area contributed by atoms with E-state index >= 15 is 0 Å². The Hall–Kier alpha value is -3.12. The summed E-state index contributed by atoms with van der Waals surface area (Å²) in [4.78, 5) is 39.7. The van der Waals surface area contributed by atoms with Gasteiger partial charge in [0.2, 0.25) is 0 Å². The fourth-order valence-corrected chi connectivity index (χ4v) is 9.74. The molecule has 0 spiro atoms. The molecule has 174 valence electrons. The molecule has 3 aromatic rings. The van der Waals surface area contributed by atoms with Gasteiger partial charge in [0.05, 0.1) is 0 Å². The number of carboxylic acid groups (broad SMARTS) is 1. The van der Waals surface area contributed by atoms with Crippen LogP contribution in [0.2, 0.25) is 0 Å². The van der Waals surface area contributed by atoms with Crippen molar-refractivity contribution in [1.29, 1.82) is 0 Å². The van der Waals surface area contributed by atoms with Gasteiger partial charge in [0, 0.05) is 20.9 Å². The number of benzene rings is 3. The summed E-state index contributed by atoms with van der Waals surface area (Å²) < 4.78 is 5.34.